The standard InChI is InChI=1S/C28H46O/c1-18(2)8-7-9-19(3)24-12-13-25-23-11-10-21-17-22(29)16-20(4)28(21,6)26(23)14-15-27(24,25)5/h16,18-19,21,23-26H,7-15,17H2,1-6H3/t19-,21-,23+,24-,25+,26+,27-,28+/m1/s1. The molecule has 164 valence electrons. The third-order valence-electron chi connectivity index (χ3n) is 10.8. The summed E-state index contributed by atoms with van der Waals surface area (Å²) in [5.41, 5.74) is 2.27. The number of carbonyl (C=O) groups excluding carboxylic acids is 1. The fraction of sp³-hybridized carbons (Fsp3) is 0.893. The molecule has 0 radical (unpaired) electrons. The second-order valence-corrected chi connectivity index (χ2v) is 12.5. The van der Waals surface area contributed by atoms with Crippen molar-refractivity contribution in [1.82, 2.24) is 0 Å². The lowest BCUT2D eigenvalue weighted by Crippen LogP contribution is -2.53. The number of allylic oxidation sites excluding steroid dienone is 2. The summed E-state index contributed by atoms with van der Waals surface area (Å²) in [4.78, 5) is 12.2. The Morgan fingerprint density at radius 3 is 2.48 bits per heavy atom. The molecule has 4 aliphatic rings. The van der Waals surface area contributed by atoms with Gasteiger partial charge in [0.2, 0.25) is 0 Å². The van der Waals surface area contributed by atoms with Crippen LogP contribution in [0.2, 0.25) is 0 Å². The van der Waals surface area contributed by atoms with E-state index in [-0.39, 0.29) is 0 Å². The number of carbonyl (C=O) groups is 1. The first-order valence-corrected chi connectivity index (χ1v) is 12.9. The normalized spacial score (nSPS) is 45.4. The topological polar surface area (TPSA) is 17.1 Å². The average molecular weight is 399 g/mol. The van der Waals surface area contributed by atoms with Gasteiger partial charge in [0, 0.05) is 6.42 Å². The van der Waals surface area contributed by atoms with E-state index in [2.05, 4.69) is 41.5 Å². The predicted octanol–water partition coefficient (Wildman–Crippen LogP) is 7.84. The van der Waals surface area contributed by atoms with E-state index in [1.807, 2.05) is 6.08 Å². The van der Waals surface area contributed by atoms with Crippen LogP contribution in [0, 0.1) is 52.3 Å². The summed E-state index contributed by atoms with van der Waals surface area (Å²) < 4.78 is 0. The Balaban J connectivity index is 1.52. The lowest BCUT2D eigenvalue weighted by molar-refractivity contribution is -0.124. The Bertz CT molecular complexity index is 659. The lowest BCUT2D eigenvalue weighted by atomic mass is 9.44. The molecule has 0 aromatic rings. The van der Waals surface area contributed by atoms with E-state index in [1.165, 1.54) is 63.4 Å². The van der Waals surface area contributed by atoms with Gasteiger partial charge in [-0.25, -0.2) is 0 Å². The van der Waals surface area contributed by atoms with Gasteiger partial charge in [0.05, 0.1) is 0 Å². The molecule has 3 saturated carbocycles. The highest BCUT2D eigenvalue weighted by Crippen LogP contribution is 2.68. The zero-order valence-corrected chi connectivity index (χ0v) is 20.1. The molecule has 0 aromatic carbocycles. The maximum atomic E-state index is 12.2. The molecule has 8 atom stereocenters. The van der Waals surface area contributed by atoms with Gasteiger partial charge in [-0.1, -0.05) is 59.5 Å². The van der Waals surface area contributed by atoms with Crippen LogP contribution in [-0.4, -0.2) is 5.78 Å². The van der Waals surface area contributed by atoms with E-state index in [1.54, 1.807) is 0 Å². The van der Waals surface area contributed by atoms with Crippen molar-refractivity contribution < 1.29 is 4.79 Å². The van der Waals surface area contributed by atoms with Gasteiger partial charge in [-0.2, -0.15) is 0 Å². The van der Waals surface area contributed by atoms with Crippen LogP contribution in [0.1, 0.15) is 106 Å². The van der Waals surface area contributed by atoms with Gasteiger partial charge in [-0.05, 0) is 104 Å². The second-order valence-electron chi connectivity index (χ2n) is 12.5. The summed E-state index contributed by atoms with van der Waals surface area (Å²) in [6.07, 6.45) is 15.5. The Hall–Kier alpha value is -0.590. The molecule has 0 unspecified atom stereocenters. The molecular formula is C28H46O. The molecule has 0 amide bonds. The SMILES string of the molecule is CC1=CC(=O)C[C@H]2CC[C@H]3[C@@H]4CC[C@H]([C@H](C)CCCC(C)C)[C@@]4(C)CC[C@@H]3[C@@]12C. The van der Waals surface area contributed by atoms with Gasteiger partial charge in [-0.3, -0.25) is 4.79 Å². The Morgan fingerprint density at radius 1 is 1.00 bits per heavy atom. The zero-order valence-electron chi connectivity index (χ0n) is 20.1. The van der Waals surface area contributed by atoms with Crippen LogP contribution in [0.25, 0.3) is 0 Å². The van der Waals surface area contributed by atoms with Crippen molar-refractivity contribution >= 4 is 5.78 Å². The average Bonchev–Trinajstić information content (AvgIpc) is 3.00. The smallest absolute Gasteiger partial charge is 0.155 e. The van der Waals surface area contributed by atoms with Crippen LogP contribution in [0.4, 0.5) is 0 Å². The number of fused-ring (bicyclic) bond motifs is 5. The van der Waals surface area contributed by atoms with Gasteiger partial charge < -0.3 is 0 Å². The number of hydrogen-bond acceptors (Lipinski definition) is 1. The quantitative estimate of drug-likeness (QED) is 0.461. The highest BCUT2D eigenvalue weighted by Gasteiger charge is 2.60. The van der Waals surface area contributed by atoms with E-state index in [0.29, 0.717) is 22.5 Å². The molecule has 1 heteroatoms. The molecule has 0 N–H and O–H groups in total. The minimum atomic E-state index is 0.291. The number of hydrogen-bond donors (Lipinski definition) is 0. The molecule has 0 heterocycles. The first-order valence-electron chi connectivity index (χ1n) is 12.9. The van der Waals surface area contributed by atoms with Crippen LogP contribution < -0.4 is 0 Å². The Morgan fingerprint density at radius 2 is 1.76 bits per heavy atom. The third kappa shape index (κ3) is 3.47. The predicted molar refractivity (Wildman–Crippen MR) is 123 cm³/mol. The summed E-state index contributed by atoms with van der Waals surface area (Å²) in [7, 11) is 0. The maximum Gasteiger partial charge on any atom is 0.155 e. The van der Waals surface area contributed by atoms with Gasteiger partial charge in [0.1, 0.15) is 0 Å². The van der Waals surface area contributed by atoms with E-state index in [4.69, 9.17) is 0 Å². The summed E-state index contributed by atoms with van der Waals surface area (Å²) in [5, 5.41) is 0. The van der Waals surface area contributed by atoms with E-state index >= 15 is 0 Å². The van der Waals surface area contributed by atoms with Crippen LogP contribution in [0.3, 0.4) is 0 Å². The zero-order chi connectivity index (χ0) is 21.0. The van der Waals surface area contributed by atoms with Crippen molar-refractivity contribution in [3.63, 3.8) is 0 Å². The molecule has 0 aliphatic heterocycles. The van der Waals surface area contributed by atoms with E-state index in [9.17, 15) is 4.79 Å². The molecule has 29 heavy (non-hydrogen) atoms. The molecule has 1 nitrogen and oxygen atoms in total. The highest BCUT2D eigenvalue weighted by molar-refractivity contribution is 5.91. The fourth-order valence-corrected chi connectivity index (χ4v) is 9.08. The van der Waals surface area contributed by atoms with E-state index in [0.717, 1.165) is 41.9 Å². The molecule has 0 aromatic heterocycles. The third-order valence-corrected chi connectivity index (χ3v) is 10.8. The molecular weight excluding hydrogens is 352 g/mol. The molecule has 4 aliphatic carbocycles. The van der Waals surface area contributed by atoms with Crippen LogP contribution in [-0.2, 0) is 4.79 Å². The van der Waals surface area contributed by atoms with Gasteiger partial charge in [-0.15, -0.1) is 0 Å². The monoisotopic (exact) mass is 398 g/mol. The molecule has 4 rings (SSSR count). The van der Waals surface area contributed by atoms with Gasteiger partial charge >= 0.3 is 0 Å². The first kappa shape index (κ1) is 21.6. The molecule has 0 saturated heterocycles. The summed E-state index contributed by atoms with van der Waals surface area (Å²) in [6, 6.07) is 0. The summed E-state index contributed by atoms with van der Waals surface area (Å²) in [6.45, 7) is 14.8. The molecule has 3 fully saturated rings. The largest absolute Gasteiger partial charge is 0.295 e. The minimum absolute atomic E-state index is 0.291. The molecule has 0 bridgehead atoms. The van der Waals surface area contributed by atoms with Crippen LogP contribution in [0.5, 0.6) is 0 Å². The molecule has 0 spiro atoms. The van der Waals surface area contributed by atoms with Gasteiger partial charge in [0.15, 0.2) is 5.78 Å². The van der Waals surface area contributed by atoms with Crippen molar-refractivity contribution in [3.05, 3.63) is 11.6 Å². The van der Waals surface area contributed by atoms with Crippen molar-refractivity contribution in [3.8, 4) is 0 Å². The number of ketones is 1. The first-order chi connectivity index (χ1) is 13.7. The maximum absolute atomic E-state index is 12.2. The van der Waals surface area contributed by atoms with Crippen molar-refractivity contribution in [2.75, 3.05) is 0 Å². The van der Waals surface area contributed by atoms with Crippen LogP contribution in [0.15, 0.2) is 11.6 Å². The fourth-order valence-electron chi connectivity index (χ4n) is 9.08. The van der Waals surface area contributed by atoms with Crippen LogP contribution >= 0.6 is 0 Å². The number of rotatable bonds is 5. The lowest BCUT2D eigenvalue weighted by Gasteiger charge is -2.60. The highest BCUT2D eigenvalue weighted by atomic mass is 16.1. The van der Waals surface area contributed by atoms with Gasteiger partial charge in [0.25, 0.3) is 0 Å². The van der Waals surface area contributed by atoms with Crippen molar-refractivity contribution in [2.24, 2.45) is 52.3 Å². The van der Waals surface area contributed by atoms with E-state index < -0.39 is 0 Å². The Labute approximate surface area is 180 Å². The minimum Gasteiger partial charge on any atom is -0.295 e. The summed E-state index contributed by atoms with van der Waals surface area (Å²) >= 11 is 0. The second kappa shape index (κ2) is 7.83. The summed E-state index contributed by atoms with van der Waals surface area (Å²) in [5.74, 6) is 6.33. The Kier molecular flexibility index (Phi) is 5.84. The van der Waals surface area contributed by atoms with Crippen molar-refractivity contribution in [2.45, 2.75) is 106 Å². The van der Waals surface area contributed by atoms with Crippen molar-refractivity contribution in [1.29, 1.82) is 0 Å².